The van der Waals surface area contributed by atoms with Gasteiger partial charge < -0.3 is 18.9 Å². The van der Waals surface area contributed by atoms with Gasteiger partial charge in [-0.25, -0.2) is 4.98 Å². The van der Waals surface area contributed by atoms with Crippen LogP contribution in [0.4, 0.5) is 0 Å². The van der Waals surface area contributed by atoms with Crippen LogP contribution in [0.3, 0.4) is 0 Å². The van der Waals surface area contributed by atoms with Crippen molar-refractivity contribution in [1.29, 1.82) is 0 Å². The summed E-state index contributed by atoms with van der Waals surface area (Å²) in [6, 6.07) is 18.2. The summed E-state index contributed by atoms with van der Waals surface area (Å²) >= 11 is 3.56. The third-order valence-electron chi connectivity index (χ3n) is 7.39. The van der Waals surface area contributed by atoms with Gasteiger partial charge in [-0.2, -0.15) is 5.10 Å². The molecule has 1 fully saturated rings. The molecule has 2 aliphatic heterocycles. The molecule has 0 N–H and O–H groups in total. The fourth-order valence-corrected chi connectivity index (χ4v) is 5.78. The van der Waals surface area contributed by atoms with Crippen LogP contribution in [0.5, 0.6) is 0 Å². The first kappa shape index (κ1) is 26.0. The number of fused-ring (bicyclic) bond motifs is 1. The van der Waals surface area contributed by atoms with E-state index < -0.39 is 0 Å². The summed E-state index contributed by atoms with van der Waals surface area (Å²) in [7, 11) is 0. The minimum absolute atomic E-state index is 0.00662. The molecular weight excluding hydrogens is 558 g/mol. The predicted octanol–water partition coefficient (Wildman–Crippen LogP) is 5.69. The lowest BCUT2D eigenvalue weighted by molar-refractivity contribution is -0.163. The Morgan fingerprint density at radius 3 is 2.62 bits per heavy atom. The molecule has 4 heterocycles. The Labute approximate surface area is 236 Å². The number of aromatic nitrogens is 4. The maximum atomic E-state index is 14.1. The number of amides is 1. The zero-order valence-electron chi connectivity index (χ0n) is 21.8. The van der Waals surface area contributed by atoms with E-state index in [4.69, 9.17) is 14.6 Å². The Morgan fingerprint density at radius 2 is 1.87 bits per heavy atom. The molecule has 39 heavy (non-hydrogen) atoms. The van der Waals surface area contributed by atoms with Crippen molar-refractivity contribution < 1.29 is 14.3 Å². The molecule has 2 aromatic heterocycles. The number of halogens is 1. The van der Waals surface area contributed by atoms with Crippen molar-refractivity contribution in [1.82, 2.24) is 24.2 Å². The van der Waals surface area contributed by atoms with Crippen LogP contribution in [0.2, 0.25) is 0 Å². The van der Waals surface area contributed by atoms with Crippen molar-refractivity contribution >= 4 is 21.8 Å². The maximum Gasteiger partial charge on any atom is 0.273 e. The summed E-state index contributed by atoms with van der Waals surface area (Å²) in [6.45, 7) is 3.06. The third kappa shape index (κ3) is 5.57. The first-order valence-corrected chi connectivity index (χ1v) is 14.4. The van der Waals surface area contributed by atoms with E-state index in [1.165, 1.54) is 0 Å². The molecule has 4 aromatic rings. The molecule has 202 valence electrons. The van der Waals surface area contributed by atoms with E-state index in [0.717, 1.165) is 65.7 Å². The molecule has 0 aliphatic carbocycles. The number of imidazole rings is 1. The van der Waals surface area contributed by atoms with Gasteiger partial charge in [0.15, 0.2) is 6.29 Å². The number of ether oxygens (including phenoxy) is 2. The third-order valence-corrected chi connectivity index (χ3v) is 7.92. The van der Waals surface area contributed by atoms with Gasteiger partial charge in [-0.05, 0) is 43.4 Å². The molecule has 2 aliphatic rings. The molecule has 1 amide bonds. The molecule has 6 rings (SSSR count). The normalized spacial score (nSPS) is 19.0. The quantitative estimate of drug-likeness (QED) is 0.237. The largest absolute Gasteiger partial charge is 0.353 e. The van der Waals surface area contributed by atoms with E-state index in [0.29, 0.717) is 25.4 Å². The van der Waals surface area contributed by atoms with Gasteiger partial charge in [0.2, 0.25) is 0 Å². The highest BCUT2D eigenvalue weighted by Crippen LogP contribution is 2.44. The van der Waals surface area contributed by atoms with E-state index in [2.05, 4.69) is 45.2 Å². The smallest absolute Gasteiger partial charge is 0.273 e. The van der Waals surface area contributed by atoms with E-state index >= 15 is 0 Å². The van der Waals surface area contributed by atoms with Crippen LogP contribution in [0, 0.1) is 0 Å². The lowest BCUT2D eigenvalue weighted by atomic mass is 9.96. The van der Waals surface area contributed by atoms with Crippen molar-refractivity contribution in [2.75, 3.05) is 19.8 Å². The SMILES string of the molecule is O=C1c2c(c(-c3ccccc3)nn2CCOC2CCCCO2)C(c2ccc(Br)cc2)N1CCCn1ccnc1. The highest BCUT2D eigenvalue weighted by Gasteiger charge is 2.43. The van der Waals surface area contributed by atoms with Crippen molar-refractivity contribution in [3.8, 4) is 11.3 Å². The first-order valence-electron chi connectivity index (χ1n) is 13.6. The zero-order valence-corrected chi connectivity index (χ0v) is 23.4. The zero-order chi connectivity index (χ0) is 26.6. The number of rotatable bonds is 10. The van der Waals surface area contributed by atoms with Gasteiger partial charge in [0.1, 0.15) is 5.69 Å². The number of benzene rings is 2. The second-order valence-electron chi connectivity index (χ2n) is 9.97. The van der Waals surface area contributed by atoms with Gasteiger partial charge in [0.25, 0.3) is 5.91 Å². The molecule has 0 saturated carbocycles. The molecule has 0 spiro atoms. The monoisotopic (exact) mass is 589 g/mol. The average Bonchev–Trinajstić information content (AvgIpc) is 3.68. The first-order chi connectivity index (χ1) is 19.2. The maximum absolute atomic E-state index is 14.1. The number of aryl methyl sites for hydroxylation is 1. The molecule has 9 heteroatoms. The van der Waals surface area contributed by atoms with Crippen molar-refractivity contribution in [2.45, 2.75) is 51.1 Å². The van der Waals surface area contributed by atoms with Gasteiger partial charge in [0.05, 0.1) is 31.2 Å². The summed E-state index contributed by atoms with van der Waals surface area (Å²) in [5.74, 6) is 0.00662. The summed E-state index contributed by atoms with van der Waals surface area (Å²) in [4.78, 5) is 20.3. The molecule has 0 bridgehead atoms. The van der Waals surface area contributed by atoms with Crippen LogP contribution >= 0.6 is 15.9 Å². The topological polar surface area (TPSA) is 74.4 Å². The highest BCUT2D eigenvalue weighted by molar-refractivity contribution is 9.10. The van der Waals surface area contributed by atoms with Crippen LogP contribution in [-0.4, -0.2) is 56.2 Å². The van der Waals surface area contributed by atoms with Crippen LogP contribution < -0.4 is 0 Å². The molecule has 1 saturated heterocycles. The van der Waals surface area contributed by atoms with Crippen molar-refractivity contribution in [2.24, 2.45) is 0 Å². The second-order valence-corrected chi connectivity index (χ2v) is 10.9. The molecule has 2 aromatic carbocycles. The van der Waals surface area contributed by atoms with Crippen molar-refractivity contribution in [3.63, 3.8) is 0 Å². The number of nitrogens with zero attached hydrogens (tertiary/aromatic N) is 5. The summed E-state index contributed by atoms with van der Waals surface area (Å²) in [5, 5.41) is 5.01. The molecule has 8 nitrogen and oxygen atoms in total. The fraction of sp³-hybridized carbons (Fsp3) is 0.367. The lowest BCUT2D eigenvalue weighted by Gasteiger charge is -2.27. The van der Waals surface area contributed by atoms with Gasteiger partial charge in [-0.1, -0.05) is 58.4 Å². The molecular formula is C30H32BrN5O3. The van der Waals surface area contributed by atoms with Gasteiger partial charge >= 0.3 is 0 Å². The van der Waals surface area contributed by atoms with Gasteiger partial charge in [-0.3, -0.25) is 9.48 Å². The lowest BCUT2D eigenvalue weighted by Crippen LogP contribution is -2.32. The molecule has 2 unspecified atom stereocenters. The Hall–Kier alpha value is -3.27. The Morgan fingerprint density at radius 1 is 1.03 bits per heavy atom. The Balaban J connectivity index is 1.35. The minimum atomic E-state index is -0.227. The summed E-state index contributed by atoms with van der Waals surface area (Å²) in [6.07, 6.45) is 9.28. The Bertz CT molecular complexity index is 1380. The molecule has 2 atom stereocenters. The average molecular weight is 591 g/mol. The van der Waals surface area contributed by atoms with E-state index in [-0.39, 0.29) is 18.2 Å². The van der Waals surface area contributed by atoms with E-state index in [1.54, 1.807) is 6.20 Å². The van der Waals surface area contributed by atoms with Crippen LogP contribution in [0.15, 0.2) is 77.8 Å². The molecule has 0 radical (unpaired) electrons. The minimum Gasteiger partial charge on any atom is -0.353 e. The van der Waals surface area contributed by atoms with Gasteiger partial charge in [0, 0.05) is 47.7 Å². The standard InChI is InChI=1S/C30H32BrN5O3/c31-24-12-10-23(11-13-24)28-26-27(22-7-2-1-3-8-22)33-36(18-20-39-25-9-4-5-19-38-25)29(26)30(37)35(28)16-6-15-34-17-14-32-21-34/h1-3,7-8,10-14,17,21,25,28H,4-6,9,15-16,18-20H2. The summed E-state index contributed by atoms with van der Waals surface area (Å²) < 4.78 is 16.7. The number of carbonyl (C=O) groups excluding carboxylic acids is 1. The van der Waals surface area contributed by atoms with E-state index in [1.807, 2.05) is 57.0 Å². The highest BCUT2D eigenvalue weighted by atomic mass is 79.9. The van der Waals surface area contributed by atoms with Gasteiger partial charge in [-0.15, -0.1) is 0 Å². The van der Waals surface area contributed by atoms with E-state index in [9.17, 15) is 4.79 Å². The second kappa shape index (κ2) is 11.9. The van der Waals surface area contributed by atoms with Crippen molar-refractivity contribution in [3.05, 3.63) is 94.6 Å². The fourth-order valence-electron chi connectivity index (χ4n) is 5.52. The number of hydrogen-bond acceptors (Lipinski definition) is 5. The predicted molar refractivity (Wildman–Crippen MR) is 151 cm³/mol. The van der Waals surface area contributed by atoms with Crippen LogP contribution in [-0.2, 0) is 22.6 Å². The number of carbonyl (C=O) groups is 1. The summed E-state index contributed by atoms with van der Waals surface area (Å²) in [5.41, 5.74) is 4.52. The van der Waals surface area contributed by atoms with Crippen LogP contribution in [0.25, 0.3) is 11.3 Å². The number of hydrogen-bond donors (Lipinski definition) is 0. The van der Waals surface area contributed by atoms with Crippen LogP contribution in [0.1, 0.15) is 53.3 Å². The Kier molecular flexibility index (Phi) is 7.90.